The van der Waals surface area contributed by atoms with Crippen molar-refractivity contribution in [2.45, 2.75) is 77.4 Å². The summed E-state index contributed by atoms with van der Waals surface area (Å²) < 4.78 is 36.2. The van der Waals surface area contributed by atoms with Gasteiger partial charge in [0.2, 0.25) is 0 Å². The molecular formula is C19H42O8Si. The van der Waals surface area contributed by atoms with Gasteiger partial charge in [-0.25, -0.2) is 4.89 Å². The molecule has 0 aromatic rings. The SMILES string of the molecule is CCCCOC(C)(OOC)C(OCCCC)(OCCCC)[Si](OC)(OC)OC. The Morgan fingerprint density at radius 2 is 1.04 bits per heavy atom. The van der Waals surface area contributed by atoms with Crippen LogP contribution in [0.15, 0.2) is 0 Å². The lowest BCUT2D eigenvalue weighted by Crippen LogP contribution is -2.77. The molecule has 0 spiro atoms. The highest BCUT2D eigenvalue weighted by Gasteiger charge is 2.74. The number of hydrogen-bond donors (Lipinski definition) is 0. The summed E-state index contributed by atoms with van der Waals surface area (Å²) in [6.45, 7) is 9.18. The van der Waals surface area contributed by atoms with E-state index >= 15 is 0 Å². The Morgan fingerprint density at radius 1 is 0.643 bits per heavy atom. The first kappa shape index (κ1) is 27.9. The van der Waals surface area contributed by atoms with E-state index in [1.165, 1.54) is 28.4 Å². The molecule has 0 heterocycles. The fourth-order valence-corrected chi connectivity index (χ4v) is 5.41. The second-order valence-electron chi connectivity index (χ2n) is 6.59. The Balaban J connectivity index is 6.31. The van der Waals surface area contributed by atoms with E-state index in [0.717, 1.165) is 38.5 Å². The molecule has 0 aromatic carbocycles. The lowest BCUT2D eigenvalue weighted by Gasteiger charge is -2.50. The van der Waals surface area contributed by atoms with E-state index in [1.54, 1.807) is 6.92 Å². The summed E-state index contributed by atoms with van der Waals surface area (Å²) in [7, 11) is 2.35. The molecule has 0 aliphatic rings. The summed E-state index contributed by atoms with van der Waals surface area (Å²) in [5, 5.41) is 0. The molecule has 0 bridgehead atoms. The molecule has 8 nitrogen and oxygen atoms in total. The summed E-state index contributed by atoms with van der Waals surface area (Å²) in [6, 6.07) is 0. The average molecular weight is 427 g/mol. The Bertz CT molecular complexity index is 363. The molecule has 0 saturated carbocycles. The first-order valence-corrected chi connectivity index (χ1v) is 11.9. The third kappa shape index (κ3) is 6.71. The molecule has 0 rings (SSSR count). The van der Waals surface area contributed by atoms with Gasteiger partial charge in [0.1, 0.15) is 0 Å². The largest absolute Gasteiger partial charge is 0.569 e. The van der Waals surface area contributed by atoms with E-state index in [2.05, 4.69) is 20.8 Å². The number of rotatable bonds is 19. The van der Waals surface area contributed by atoms with E-state index in [0.29, 0.717) is 19.8 Å². The van der Waals surface area contributed by atoms with Crippen LogP contribution in [0.2, 0.25) is 0 Å². The summed E-state index contributed by atoms with van der Waals surface area (Å²) in [5.41, 5.74) is -1.58. The quantitative estimate of drug-likeness (QED) is 0.101. The van der Waals surface area contributed by atoms with Gasteiger partial charge in [-0.15, -0.1) is 0 Å². The van der Waals surface area contributed by atoms with Gasteiger partial charge in [-0.1, -0.05) is 40.0 Å². The van der Waals surface area contributed by atoms with Gasteiger partial charge in [0, 0.05) is 21.3 Å². The Labute approximate surface area is 172 Å². The Morgan fingerprint density at radius 3 is 1.36 bits per heavy atom. The van der Waals surface area contributed by atoms with Gasteiger partial charge in [-0.05, 0) is 26.2 Å². The molecule has 28 heavy (non-hydrogen) atoms. The van der Waals surface area contributed by atoms with Crippen molar-refractivity contribution in [2.24, 2.45) is 0 Å². The van der Waals surface area contributed by atoms with Crippen LogP contribution >= 0.6 is 0 Å². The van der Waals surface area contributed by atoms with Gasteiger partial charge in [0.15, 0.2) is 0 Å². The number of ether oxygens (including phenoxy) is 3. The lowest BCUT2D eigenvalue weighted by molar-refractivity contribution is -0.481. The van der Waals surface area contributed by atoms with Crippen molar-refractivity contribution >= 4 is 8.80 Å². The van der Waals surface area contributed by atoms with Crippen molar-refractivity contribution in [3.05, 3.63) is 0 Å². The third-order valence-corrected chi connectivity index (χ3v) is 7.69. The summed E-state index contributed by atoms with van der Waals surface area (Å²) in [4.78, 5) is 10.7. The lowest BCUT2D eigenvalue weighted by atomic mass is 10.2. The van der Waals surface area contributed by atoms with Gasteiger partial charge in [-0.3, -0.25) is 0 Å². The maximum atomic E-state index is 6.34. The topological polar surface area (TPSA) is 73.8 Å². The standard InChI is InChI=1S/C19H42O8Si/c1-9-12-15-24-18(4,27-20-5)19(25-16-13-10-2,26-17-14-11-3)28(21-6,22-7)23-8/h9-17H2,1-8H3. The highest BCUT2D eigenvalue weighted by atomic mass is 28.4. The Hall–Kier alpha value is -0.103. The van der Waals surface area contributed by atoms with E-state index < -0.39 is 20.0 Å². The highest BCUT2D eigenvalue weighted by molar-refractivity contribution is 6.63. The minimum absolute atomic E-state index is 0.396. The van der Waals surface area contributed by atoms with E-state index in [4.69, 9.17) is 37.3 Å². The van der Waals surface area contributed by atoms with Gasteiger partial charge in [0.25, 0.3) is 11.2 Å². The van der Waals surface area contributed by atoms with Crippen molar-refractivity contribution < 1.29 is 37.3 Å². The Kier molecular flexibility index (Phi) is 14.8. The average Bonchev–Trinajstić information content (AvgIpc) is 2.69. The fourth-order valence-electron chi connectivity index (χ4n) is 2.88. The van der Waals surface area contributed by atoms with E-state index in [1.807, 2.05) is 0 Å². The molecule has 170 valence electrons. The van der Waals surface area contributed by atoms with Crippen LogP contribution in [0.3, 0.4) is 0 Å². The summed E-state index contributed by atoms with van der Waals surface area (Å²) in [5.74, 6) is -1.48. The van der Waals surface area contributed by atoms with Crippen molar-refractivity contribution in [1.82, 2.24) is 0 Å². The van der Waals surface area contributed by atoms with Gasteiger partial charge < -0.3 is 27.5 Å². The first-order chi connectivity index (χ1) is 13.4. The van der Waals surface area contributed by atoms with Gasteiger partial charge in [-0.2, -0.15) is 4.89 Å². The molecule has 9 heteroatoms. The van der Waals surface area contributed by atoms with Gasteiger partial charge >= 0.3 is 8.80 Å². The van der Waals surface area contributed by atoms with Crippen LogP contribution in [-0.2, 0) is 37.3 Å². The normalized spacial score (nSPS) is 15.0. The molecule has 1 unspecified atom stereocenters. The van der Waals surface area contributed by atoms with Crippen LogP contribution < -0.4 is 0 Å². The molecule has 0 amide bonds. The number of hydrogen-bond acceptors (Lipinski definition) is 8. The minimum atomic E-state index is -3.60. The smallest absolute Gasteiger partial charge is 0.374 e. The second-order valence-corrected chi connectivity index (χ2v) is 9.58. The van der Waals surface area contributed by atoms with Crippen LogP contribution in [-0.4, -0.2) is 68.3 Å². The monoisotopic (exact) mass is 426 g/mol. The molecule has 0 aromatic heterocycles. The van der Waals surface area contributed by atoms with Gasteiger partial charge in [0.05, 0.1) is 26.9 Å². The second kappa shape index (κ2) is 14.8. The van der Waals surface area contributed by atoms with Crippen molar-refractivity contribution in [2.75, 3.05) is 48.3 Å². The zero-order valence-electron chi connectivity index (χ0n) is 19.1. The summed E-state index contributed by atoms with van der Waals surface area (Å²) >= 11 is 0. The van der Waals surface area contributed by atoms with Crippen LogP contribution in [0, 0.1) is 0 Å². The molecule has 0 aliphatic heterocycles. The number of unbranched alkanes of at least 4 members (excludes halogenated alkanes) is 3. The molecule has 0 radical (unpaired) electrons. The highest BCUT2D eigenvalue weighted by Crippen LogP contribution is 2.42. The van der Waals surface area contributed by atoms with Crippen LogP contribution in [0.1, 0.15) is 66.2 Å². The zero-order chi connectivity index (χ0) is 21.5. The molecule has 0 N–H and O–H groups in total. The molecular weight excluding hydrogens is 384 g/mol. The fraction of sp³-hybridized carbons (Fsp3) is 1.00. The zero-order valence-corrected chi connectivity index (χ0v) is 20.1. The maximum absolute atomic E-state index is 6.34. The molecule has 0 aliphatic carbocycles. The summed E-state index contributed by atoms with van der Waals surface area (Å²) in [6.07, 6.45) is 5.34. The van der Waals surface area contributed by atoms with Crippen molar-refractivity contribution in [3.8, 4) is 0 Å². The first-order valence-electron chi connectivity index (χ1n) is 10.2. The molecule has 0 fully saturated rings. The molecule has 1 atom stereocenters. The van der Waals surface area contributed by atoms with Crippen molar-refractivity contribution in [3.63, 3.8) is 0 Å². The van der Waals surface area contributed by atoms with Crippen molar-refractivity contribution in [1.29, 1.82) is 0 Å². The third-order valence-electron chi connectivity index (χ3n) is 4.53. The van der Waals surface area contributed by atoms with Crippen LogP contribution in [0.5, 0.6) is 0 Å². The maximum Gasteiger partial charge on any atom is 0.569 e. The van der Waals surface area contributed by atoms with E-state index in [9.17, 15) is 0 Å². The predicted octanol–water partition coefficient (Wildman–Crippen LogP) is 3.84. The van der Waals surface area contributed by atoms with Crippen LogP contribution in [0.25, 0.3) is 0 Å². The predicted molar refractivity (Wildman–Crippen MR) is 109 cm³/mol. The molecule has 0 saturated heterocycles. The van der Waals surface area contributed by atoms with E-state index in [-0.39, 0.29) is 0 Å². The van der Waals surface area contributed by atoms with Crippen LogP contribution in [0.4, 0.5) is 0 Å². The minimum Gasteiger partial charge on any atom is -0.374 e.